The van der Waals surface area contributed by atoms with Gasteiger partial charge in [-0.05, 0) is 59.5 Å². The number of halogens is 1. The van der Waals surface area contributed by atoms with Crippen LogP contribution in [0.2, 0.25) is 0 Å². The summed E-state index contributed by atoms with van der Waals surface area (Å²) in [6, 6.07) is 24.3. The number of anilines is 1. The van der Waals surface area contributed by atoms with Gasteiger partial charge in [0.25, 0.3) is 5.24 Å². The van der Waals surface area contributed by atoms with Crippen LogP contribution in [0.25, 0.3) is 0 Å². The molecule has 0 fully saturated rings. The maximum atomic E-state index is 11.0. The first-order chi connectivity index (χ1) is 13.0. The average molecular weight is 398 g/mol. The molecule has 0 atom stereocenters. The molecule has 0 amide bonds. The van der Waals surface area contributed by atoms with Crippen molar-refractivity contribution in [3.63, 3.8) is 0 Å². The van der Waals surface area contributed by atoms with Gasteiger partial charge in [0.1, 0.15) is 0 Å². The lowest BCUT2D eigenvalue weighted by molar-refractivity contribution is 0.0600. The molecule has 28 heavy (non-hydrogen) atoms. The highest BCUT2D eigenvalue weighted by Gasteiger charge is 2.06. The summed E-state index contributed by atoms with van der Waals surface area (Å²) >= 11 is 5.21. The number of para-hydroxylation sites is 1. The third kappa shape index (κ3) is 6.89. The van der Waals surface area contributed by atoms with Crippen LogP contribution in [0.5, 0.6) is 0 Å². The zero-order chi connectivity index (χ0) is 19.6. The highest BCUT2D eigenvalue weighted by atomic mass is 35.5. The lowest BCUT2D eigenvalue weighted by Gasteiger charge is -2.04. The quantitative estimate of drug-likeness (QED) is 0.366. The molecule has 0 aliphatic carbocycles. The Morgan fingerprint density at radius 1 is 0.857 bits per heavy atom. The van der Waals surface area contributed by atoms with Gasteiger partial charge in [-0.15, -0.1) is 0 Å². The number of nitrogens with two attached hydrogens (primary N) is 1. The van der Waals surface area contributed by atoms with E-state index < -0.39 is 11.2 Å². The zero-order valence-corrected chi connectivity index (χ0v) is 15.6. The van der Waals surface area contributed by atoms with Crippen molar-refractivity contribution in [2.75, 3.05) is 12.8 Å². The zero-order valence-electron chi connectivity index (χ0n) is 14.9. The fraction of sp³-hybridized carbons (Fsp3) is 0.130. The molecule has 4 nitrogen and oxygen atoms in total. The molecule has 3 rings (SSSR count). The summed E-state index contributed by atoms with van der Waals surface area (Å²) in [5.41, 5.74) is 9.98. The molecule has 0 aliphatic heterocycles. The van der Waals surface area contributed by atoms with Crippen molar-refractivity contribution in [2.24, 2.45) is 0 Å². The first-order valence-corrected chi connectivity index (χ1v) is 8.64. The molecular weight excluding hydrogens is 374 g/mol. The lowest BCUT2D eigenvalue weighted by atomic mass is 10.0. The topological polar surface area (TPSA) is 69.4 Å². The summed E-state index contributed by atoms with van der Waals surface area (Å²) in [5, 5.41) is -0.545. The number of carbonyl (C=O) groups is 2. The van der Waals surface area contributed by atoms with E-state index in [2.05, 4.69) is 35.1 Å². The SMILES string of the molecule is C.COC(=O)c1ccc(C(=O)Cl)cc1.Nc1ccccc1Cc1ccccc1. The van der Waals surface area contributed by atoms with Crippen LogP contribution >= 0.6 is 11.6 Å². The Morgan fingerprint density at radius 2 is 1.39 bits per heavy atom. The Kier molecular flexibility index (Phi) is 9.48. The molecule has 2 N–H and O–H groups in total. The van der Waals surface area contributed by atoms with Crippen LogP contribution in [-0.2, 0) is 11.2 Å². The van der Waals surface area contributed by atoms with Gasteiger partial charge >= 0.3 is 5.97 Å². The van der Waals surface area contributed by atoms with E-state index in [1.54, 1.807) is 0 Å². The first-order valence-electron chi connectivity index (χ1n) is 8.26. The lowest BCUT2D eigenvalue weighted by Crippen LogP contribution is -2.01. The number of esters is 1. The van der Waals surface area contributed by atoms with Gasteiger partial charge in [0.05, 0.1) is 12.7 Å². The molecule has 0 heterocycles. The number of carbonyl (C=O) groups excluding carboxylic acids is 2. The van der Waals surface area contributed by atoms with Gasteiger partial charge in [-0.2, -0.15) is 0 Å². The van der Waals surface area contributed by atoms with Crippen LogP contribution < -0.4 is 5.73 Å². The molecule has 0 unspecified atom stereocenters. The molecule has 5 heteroatoms. The van der Waals surface area contributed by atoms with Crippen molar-refractivity contribution in [3.8, 4) is 0 Å². The number of ether oxygens (including phenoxy) is 1. The van der Waals surface area contributed by atoms with E-state index in [9.17, 15) is 9.59 Å². The summed E-state index contributed by atoms with van der Waals surface area (Å²) in [6.45, 7) is 0. The van der Waals surface area contributed by atoms with Crippen LogP contribution in [0.4, 0.5) is 5.69 Å². The van der Waals surface area contributed by atoms with Gasteiger partial charge in [0.2, 0.25) is 0 Å². The molecule has 146 valence electrons. The van der Waals surface area contributed by atoms with Gasteiger partial charge in [0.15, 0.2) is 0 Å². The molecule has 0 aliphatic rings. The normalized spacial score (nSPS) is 9.36. The van der Waals surface area contributed by atoms with E-state index in [-0.39, 0.29) is 7.43 Å². The van der Waals surface area contributed by atoms with E-state index in [1.165, 1.54) is 42.5 Å². The van der Waals surface area contributed by atoms with Gasteiger partial charge in [-0.3, -0.25) is 4.79 Å². The van der Waals surface area contributed by atoms with Crippen molar-refractivity contribution in [3.05, 3.63) is 101 Å². The van der Waals surface area contributed by atoms with Crippen LogP contribution in [0, 0.1) is 0 Å². The van der Waals surface area contributed by atoms with Crippen LogP contribution in [0.1, 0.15) is 39.3 Å². The summed E-state index contributed by atoms with van der Waals surface area (Å²) in [4.78, 5) is 21.6. The number of hydrogen-bond donors (Lipinski definition) is 1. The van der Waals surface area contributed by atoms with E-state index in [4.69, 9.17) is 17.3 Å². The maximum absolute atomic E-state index is 11.0. The van der Waals surface area contributed by atoms with Gasteiger partial charge < -0.3 is 10.5 Å². The molecule has 3 aromatic carbocycles. The van der Waals surface area contributed by atoms with Crippen molar-refractivity contribution in [1.29, 1.82) is 0 Å². The minimum atomic E-state index is -0.545. The van der Waals surface area contributed by atoms with Crippen molar-refractivity contribution < 1.29 is 14.3 Å². The third-order valence-corrected chi connectivity index (χ3v) is 4.04. The molecule has 0 radical (unpaired) electrons. The highest BCUT2D eigenvalue weighted by Crippen LogP contribution is 2.15. The molecule has 0 spiro atoms. The van der Waals surface area contributed by atoms with Gasteiger partial charge in [-0.1, -0.05) is 56.0 Å². The molecule has 3 aromatic rings. The number of hydrogen-bond acceptors (Lipinski definition) is 4. The number of benzene rings is 3. The smallest absolute Gasteiger partial charge is 0.337 e. The van der Waals surface area contributed by atoms with Crippen LogP contribution in [0.3, 0.4) is 0 Å². The predicted octanol–water partition coefficient (Wildman–Crippen LogP) is 5.35. The predicted molar refractivity (Wildman–Crippen MR) is 115 cm³/mol. The van der Waals surface area contributed by atoms with Crippen LogP contribution in [-0.4, -0.2) is 18.3 Å². The van der Waals surface area contributed by atoms with Crippen molar-refractivity contribution in [2.45, 2.75) is 13.8 Å². The van der Waals surface area contributed by atoms with Gasteiger partial charge in [0, 0.05) is 11.3 Å². The minimum absolute atomic E-state index is 0. The van der Waals surface area contributed by atoms with Crippen molar-refractivity contribution >= 4 is 28.5 Å². The minimum Gasteiger partial charge on any atom is -0.465 e. The highest BCUT2D eigenvalue weighted by molar-refractivity contribution is 6.67. The fourth-order valence-electron chi connectivity index (χ4n) is 2.37. The first kappa shape index (κ1) is 22.9. The molecule has 0 saturated heterocycles. The summed E-state index contributed by atoms with van der Waals surface area (Å²) in [5.74, 6) is -0.437. The number of methoxy groups -OCH3 is 1. The van der Waals surface area contributed by atoms with Crippen LogP contribution in [0.15, 0.2) is 78.9 Å². The fourth-order valence-corrected chi connectivity index (χ4v) is 2.49. The standard InChI is InChI=1S/C13H13N.C9H7ClO3.CH4/c14-13-9-5-4-8-12(13)10-11-6-2-1-3-7-11;1-13-9(12)7-4-2-6(3-5-7)8(10)11;/h1-9H,10,14H2;2-5H,1H3;1H4. The van der Waals surface area contributed by atoms with Crippen molar-refractivity contribution in [1.82, 2.24) is 0 Å². The molecule has 0 bridgehead atoms. The largest absolute Gasteiger partial charge is 0.465 e. The van der Waals surface area contributed by atoms with E-state index >= 15 is 0 Å². The number of rotatable bonds is 4. The maximum Gasteiger partial charge on any atom is 0.337 e. The van der Waals surface area contributed by atoms with E-state index in [1.807, 2.05) is 24.3 Å². The monoisotopic (exact) mass is 397 g/mol. The second-order valence-corrected chi connectivity index (χ2v) is 6.05. The average Bonchev–Trinajstić information content (AvgIpc) is 2.70. The van der Waals surface area contributed by atoms with Gasteiger partial charge in [-0.25, -0.2) is 4.79 Å². The Balaban J connectivity index is 0.000000271. The molecule has 0 saturated carbocycles. The Hall–Kier alpha value is -3.11. The Bertz CT molecular complexity index is 893. The molecule has 0 aromatic heterocycles. The van der Waals surface area contributed by atoms with E-state index in [0.717, 1.165) is 12.1 Å². The second kappa shape index (κ2) is 11.6. The molecular formula is C23H24ClNO3. The second-order valence-electron chi connectivity index (χ2n) is 5.70. The number of nitrogen functional groups attached to an aromatic ring is 1. The summed E-state index contributed by atoms with van der Waals surface area (Å²) < 4.78 is 4.48. The third-order valence-electron chi connectivity index (χ3n) is 3.83. The Morgan fingerprint density at radius 3 is 1.93 bits per heavy atom. The van der Waals surface area contributed by atoms with E-state index in [0.29, 0.717) is 11.1 Å². The summed E-state index contributed by atoms with van der Waals surface area (Å²) in [7, 11) is 1.29. The summed E-state index contributed by atoms with van der Waals surface area (Å²) in [6.07, 6.45) is 0.910. The Labute approximate surface area is 170 Å².